The second-order valence-electron chi connectivity index (χ2n) is 2.85. The summed E-state index contributed by atoms with van der Waals surface area (Å²) in [7, 11) is 0. The van der Waals surface area contributed by atoms with E-state index >= 15 is 0 Å². The number of thiophene rings is 1. The van der Waals surface area contributed by atoms with E-state index in [9.17, 15) is 4.79 Å². The summed E-state index contributed by atoms with van der Waals surface area (Å²) < 4.78 is 2.42. The smallest absolute Gasteiger partial charge is 0.151 e. The number of carbonyl (C=O) groups excluding carboxylic acids is 1. The normalized spacial score (nSPS) is 10.7. The lowest BCUT2D eigenvalue weighted by atomic mass is 10.1. The van der Waals surface area contributed by atoms with Gasteiger partial charge in [-0.25, -0.2) is 0 Å². The first-order valence-electron chi connectivity index (χ1n) is 3.97. The summed E-state index contributed by atoms with van der Waals surface area (Å²) in [6.45, 7) is 0. The summed E-state index contributed by atoms with van der Waals surface area (Å²) in [5.41, 5.74) is 1.99. The Morgan fingerprint density at radius 1 is 1.50 bits per heavy atom. The summed E-state index contributed by atoms with van der Waals surface area (Å²) in [5.74, 6) is 0. The lowest BCUT2D eigenvalue weighted by Gasteiger charge is -2.01. The van der Waals surface area contributed by atoms with E-state index in [1.807, 2.05) is 5.38 Å². The Bertz CT molecular complexity index is 492. The third-order valence-electron chi connectivity index (χ3n) is 2.06. The Balaban J connectivity index is 2.88. The van der Waals surface area contributed by atoms with Crippen LogP contribution in [0.2, 0.25) is 0 Å². The molecule has 0 unspecified atom stereocenters. The van der Waals surface area contributed by atoms with Gasteiger partial charge in [0.05, 0.1) is 0 Å². The number of fused-ring (bicyclic) bond motifs is 1. The highest BCUT2D eigenvalue weighted by molar-refractivity contribution is 14.1. The lowest BCUT2D eigenvalue weighted by Crippen LogP contribution is -1.84. The molecule has 1 heterocycles. The molecule has 0 aliphatic heterocycles. The average molecular weight is 381 g/mol. The van der Waals surface area contributed by atoms with Crippen molar-refractivity contribution in [2.75, 3.05) is 0 Å². The maximum atomic E-state index is 10.8. The van der Waals surface area contributed by atoms with Crippen LogP contribution in [0.4, 0.5) is 0 Å². The number of hydrogen-bond donors (Lipinski definition) is 0. The minimum absolute atomic E-state index is 0.790. The molecule has 0 amide bonds. The second-order valence-corrected chi connectivity index (χ2v) is 5.46. The van der Waals surface area contributed by atoms with Gasteiger partial charge in [-0.15, -0.1) is 11.3 Å². The molecule has 0 aliphatic rings. The number of rotatable bonds is 2. The first kappa shape index (κ1) is 10.6. The minimum Gasteiger partial charge on any atom is -0.298 e. The quantitative estimate of drug-likeness (QED) is 0.433. The lowest BCUT2D eigenvalue weighted by molar-refractivity contribution is 0.112. The van der Waals surface area contributed by atoms with Crippen molar-refractivity contribution in [3.05, 3.63) is 32.2 Å². The van der Waals surface area contributed by atoms with Crippen LogP contribution in [-0.2, 0) is 5.33 Å². The van der Waals surface area contributed by atoms with Crippen molar-refractivity contribution in [1.29, 1.82) is 0 Å². The summed E-state index contributed by atoms with van der Waals surface area (Å²) in [6, 6.07) is 4.16. The van der Waals surface area contributed by atoms with Crippen molar-refractivity contribution < 1.29 is 4.79 Å². The van der Waals surface area contributed by atoms with Crippen LogP contribution in [0.3, 0.4) is 0 Å². The van der Waals surface area contributed by atoms with E-state index in [1.165, 1.54) is 13.8 Å². The molecule has 1 nitrogen and oxygen atoms in total. The van der Waals surface area contributed by atoms with Crippen molar-refractivity contribution in [3.63, 3.8) is 0 Å². The van der Waals surface area contributed by atoms with E-state index in [4.69, 9.17) is 0 Å². The van der Waals surface area contributed by atoms with Gasteiger partial charge in [-0.05, 0) is 34.2 Å². The van der Waals surface area contributed by atoms with Crippen LogP contribution in [0, 0.1) is 3.57 Å². The molecule has 2 aromatic rings. The number of halogens is 2. The van der Waals surface area contributed by atoms with Crippen LogP contribution < -0.4 is 0 Å². The number of aldehydes is 1. The molecule has 2 rings (SSSR count). The summed E-state index contributed by atoms with van der Waals surface area (Å²) in [5, 5.41) is 3.82. The van der Waals surface area contributed by atoms with E-state index in [0.717, 1.165) is 22.6 Å². The monoisotopic (exact) mass is 380 g/mol. The van der Waals surface area contributed by atoms with Gasteiger partial charge in [0.15, 0.2) is 6.29 Å². The van der Waals surface area contributed by atoms with Crippen LogP contribution in [-0.4, -0.2) is 6.29 Å². The maximum absolute atomic E-state index is 10.8. The molecule has 0 fully saturated rings. The minimum atomic E-state index is 0.790. The van der Waals surface area contributed by atoms with Gasteiger partial charge in [0.2, 0.25) is 0 Å². The van der Waals surface area contributed by atoms with Crippen LogP contribution >= 0.6 is 49.9 Å². The fourth-order valence-corrected chi connectivity index (χ4v) is 3.67. The van der Waals surface area contributed by atoms with E-state index in [2.05, 4.69) is 50.7 Å². The molecule has 0 atom stereocenters. The molecule has 72 valence electrons. The Hall–Kier alpha value is 0.0600. The molecule has 0 N–H and O–H groups in total. The Morgan fingerprint density at radius 2 is 2.29 bits per heavy atom. The first-order chi connectivity index (χ1) is 6.77. The zero-order valence-electron chi connectivity index (χ0n) is 7.09. The van der Waals surface area contributed by atoms with Gasteiger partial charge in [-0.2, -0.15) is 0 Å². The number of alkyl halides is 1. The zero-order valence-corrected chi connectivity index (χ0v) is 11.6. The molecule has 4 heteroatoms. The highest BCUT2D eigenvalue weighted by Gasteiger charge is 2.09. The molecular weight excluding hydrogens is 375 g/mol. The first-order valence-corrected chi connectivity index (χ1v) is 7.05. The fourth-order valence-electron chi connectivity index (χ4n) is 1.41. The second kappa shape index (κ2) is 4.28. The molecular formula is C10H6BrIOS. The van der Waals surface area contributed by atoms with Crippen molar-refractivity contribution in [2.45, 2.75) is 5.33 Å². The molecule has 1 aromatic carbocycles. The predicted molar refractivity (Wildman–Crippen MR) is 72.6 cm³/mol. The topological polar surface area (TPSA) is 17.1 Å². The summed E-state index contributed by atoms with van der Waals surface area (Å²) >= 11 is 7.37. The molecule has 0 radical (unpaired) electrons. The van der Waals surface area contributed by atoms with Gasteiger partial charge in [-0.1, -0.05) is 22.0 Å². The third kappa shape index (κ3) is 1.63. The molecule has 0 aliphatic carbocycles. The van der Waals surface area contributed by atoms with Crippen LogP contribution in [0.5, 0.6) is 0 Å². The summed E-state index contributed by atoms with van der Waals surface area (Å²) in [4.78, 5) is 10.8. The Labute approximate surface area is 108 Å². The standard InChI is InChI=1S/C10H6BrIOS/c11-3-6-1-2-8(12)10-9(6)7(4-13)5-14-10/h1-2,4-5H,3H2. The van der Waals surface area contributed by atoms with Crippen LogP contribution in [0.15, 0.2) is 17.5 Å². The van der Waals surface area contributed by atoms with Gasteiger partial charge in [0.1, 0.15) is 0 Å². The maximum Gasteiger partial charge on any atom is 0.151 e. The van der Waals surface area contributed by atoms with Gasteiger partial charge in [-0.3, -0.25) is 4.79 Å². The fraction of sp³-hybridized carbons (Fsp3) is 0.100. The molecule has 0 spiro atoms. The van der Waals surface area contributed by atoms with Crippen molar-refractivity contribution in [2.24, 2.45) is 0 Å². The predicted octanol–water partition coefficient (Wildman–Crippen LogP) is 4.21. The molecule has 0 saturated heterocycles. The van der Waals surface area contributed by atoms with Gasteiger partial charge >= 0.3 is 0 Å². The third-order valence-corrected chi connectivity index (χ3v) is 4.96. The van der Waals surface area contributed by atoms with Crippen molar-refractivity contribution in [3.8, 4) is 0 Å². The van der Waals surface area contributed by atoms with Crippen molar-refractivity contribution >= 4 is 66.2 Å². The van der Waals surface area contributed by atoms with Crippen LogP contribution in [0.25, 0.3) is 10.1 Å². The van der Waals surface area contributed by atoms with E-state index in [-0.39, 0.29) is 0 Å². The number of hydrogen-bond acceptors (Lipinski definition) is 2. The van der Waals surface area contributed by atoms with Crippen LogP contribution in [0.1, 0.15) is 15.9 Å². The number of benzene rings is 1. The van der Waals surface area contributed by atoms with Gasteiger partial charge < -0.3 is 0 Å². The molecule has 0 bridgehead atoms. The Morgan fingerprint density at radius 3 is 2.93 bits per heavy atom. The largest absolute Gasteiger partial charge is 0.298 e. The van der Waals surface area contributed by atoms with E-state index < -0.39 is 0 Å². The SMILES string of the molecule is O=Cc1csc2c(I)ccc(CBr)c12. The van der Waals surface area contributed by atoms with E-state index in [1.54, 1.807) is 11.3 Å². The van der Waals surface area contributed by atoms with Gasteiger partial charge in [0.25, 0.3) is 0 Å². The highest BCUT2D eigenvalue weighted by Crippen LogP contribution is 2.33. The zero-order chi connectivity index (χ0) is 10.1. The van der Waals surface area contributed by atoms with Gasteiger partial charge in [0, 0.05) is 29.9 Å². The summed E-state index contributed by atoms with van der Waals surface area (Å²) in [6.07, 6.45) is 0.932. The molecule has 14 heavy (non-hydrogen) atoms. The Kier molecular flexibility index (Phi) is 3.23. The highest BCUT2D eigenvalue weighted by atomic mass is 127. The average Bonchev–Trinajstić information content (AvgIpc) is 2.63. The number of carbonyl (C=O) groups is 1. The molecule has 1 aromatic heterocycles. The van der Waals surface area contributed by atoms with E-state index in [0.29, 0.717) is 0 Å². The van der Waals surface area contributed by atoms with Crippen molar-refractivity contribution in [1.82, 2.24) is 0 Å². The molecule has 0 saturated carbocycles.